The SMILES string of the molecule is CC(O)[C@@H](Cc1ccccn1)NC(O)c1cccc(F)c1-c1cc(-c2ccc(F)cc2)n[nH]1. The molecule has 4 N–H and O–H groups in total. The van der Waals surface area contributed by atoms with E-state index in [1.807, 2.05) is 12.1 Å². The van der Waals surface area contributed by atoms with Crippen molar-refractivity contribution in [2.45, 2.75) is 31.7 Å². The molecule has 0 saturated carbocycles. The zero-order valence-electron chi connectivity index (χ0n) is 17.9. The minimum atomic E-state index is -1.27. The van der Waals surface area contributed by atoms with Gasteiger partial charge < -0.3 is 10.2 Å². The number of aliphatic hydroxyl groups is 2. The van der Waals surface area contributed by atoms with E-state index in [2.05, 4.69) is 20.5 Å². The molecule has 0 spiro atoms. The van der Waals surface area contributed by atoms with Gasteiger partial charge in [-0.1, -0.05) is 18.2 Å². The fourth-order valence-corrected chi connectivity index (χ4v) is 3.68. The molecule has 4 rings (SSSR count). The van der Waals surface area contributed by atoms with Crippen LogP contribution in [0.15, 0.2) is 72.9 Å². The van der Waals surface area contributed by atoms with Gasteiger partial charge in [-0.2, -0.15) is 5.10 Å². The Balaban J connectivity index is 1.61. The van der Waals surface area contributed by atoms with E-state index in [1.54, 1.807) is 43.5 Å². The highest BCUT2D eigenvalue weighted by Gasteiger charge is 2.24. The number of nitrogens with zero attached hydrogens (tertiary/aromatic N) is 2. The molecular formula is C25H24F2N4O2. The molecule has 0 amide bonds. The van der Waals surface area contributed by atoms with E-state index in [4.69, 9.17) is 0 Å². The maximum atomic E-state index is 14.9. The lowest BCUT2D eigenvalue weighted by atomic mass is 9.99. The molecule has 33 heavy (non-hydrogen) atoms. The highest BCUT2D eigenvalue weighted by Crippen LogP contribution is 2.31. The second kappa shape index (κ2) is 9.99. The smallest absolute Gasteiger partial charge is 0.133 e. The number of hydrogen-bond donors (Lipinski definition) is 4. The van der Waals surface area contributed by atoms with Gasteiger partial charge in [0.15, 0.2) is 0 Å². The molecular weight excluding hydrogens is 426 g/mol. The van der Waals surface area contributed by atoms with Crippen LogP contribution in [0.25, 0.3) is 22.5 Å². The maximum absolute atomic E-state index is 14.9. The Hall–Kier alpha value is -3.46. The molecule has 170 valence electrons. The van der Waals surface area contributed by atoms with Crippen LogP contribution in [0, 0.1) is 11.6 Å². The number of pyridine rings is 1. The molecule has 2 aromatic heterocycles. The fourth-order valence-electron chi connectivity index (χ4n) is 3.68. The molecule has 6 nitrogen and oxygen atoms in total. The lowest BCUT2D eigenvalue weighted by Crippen LogP contribution is -2.42. The Morgan fingerprint density at radius 3 is 2.48 bits per heavy atom. The Morgan fingerprint density at radius 1 is 1.00 bits per heavy atom. The zero-order chi connectivity index (χ0) is 23.4. The number of nitrogens with one attached hydrogen (secondary N) is 2. The first kappa shape index (κ1) is 22.7. The molecule has 0 aliphatic heterocycles. The molecule has 2 heterocycles. The quantitative estimate of drug-likeness (QED) is 0.305. The zero-order valence-corrected chi connectivity index (χ0v) is 17.9. The Kier molecular flexibility index (Phi) is 6.88. The average molecular weight is 450 g/mol. The number of halogens is 2. The lowest BCUT2D eigenvalue weighted by molar-refractivity contribution is 0.0726. The van der Waals surface area contributed by atoms with Gasteiger partial charge in [-0.25, -0.2) is 8.78 Å². The Bertz CT molecular complexity index is 1200. The van der Waals surface area contributed by atoms with Gasteiger partial charge in [-0.05, 0) is 55.5 Å². The van der Waals surface area contributed by atoms with Gasteiger partial charge in [0.2, 0.25) is 0 Å². The molecule has 0 aliphatic carbocycles. The van der Waals surface area contributed by atoms with E-state index < -0.39 is 24.2 Å². The van der Waals surface area contributed by atoms with E-state index in [1.165, 1.54) is 24.3 Å². The number of aromatic nitrogens is 3. The lowest BCUT2D eigenvalue weighted by Gasteiger charge is -2.26. The summed E-state index contributed by atoms with van der Waals surface area (Å²) in [6.45, 7) is 1.61. The number of H-pyrrole nitrogens is 1. The van der Waals surface area contributed by atoms with Crippen LogP contribution in [0.1, 0.15) is 24.4 Å². The summed E-state index contributed by atoms with van der Waals surface area (Å²) < 4.78 is 28.1. The van der Waals surface area contributed by atoms with Crippen molar-refractivity contribution < 1.29 is 19.0 Å². The first-order valence-electron chi connectivity index (χ1n) is 10.5. The first-order valence-corrected chi connectivity index (χ1v) is 10.5. The van der Waals surface area contributed by atoms with Crippen LogP contribution in [0.5, 0.6) is 0 Å². The number of rotatable bonds is 8. The summed E-state index contributed by atoms with van der Waals surface area (Å²) in [4.78, 5) is 4.27. The molecule has 4 aromatic rings. The minimum Gasteiger partial charge on any atom is -0.392 e. The Labute approximate surface area is 190 Å². The van der Waals surface area contributed by atoms with Crippen LogP contribution in [0.4, 0.5) is 8.78 Å². The van der Waals surface area contributed by atoms with Crippen molar-refractivity contribution in [2.75, 3.05) is 0 Å². The highest BCUT2D eigenvalue weighted by molar-refractivity contribution is 5.71. The van der Waals surface area contributed by atoms with Gasteiger partial charge >= 0.3 is 0 Å². The molecule has 0 fully saturated rings. The van der Waals surface area contributed by atoms with Crippen LogP contribution in [0.2, 0.25) is 0 Å². The standard InChI is InChI=1S/C25H24F2N4O2/c1-15(32)21(13-18-5-2-3-12-28-18)29-25(33)19-6-4-7-20(27)24(19)23-14-22(30-31-23)16-8-10-17(26)11-9-16/h2-12,14-15,21,25,29,32-33H,13H2,1H3,(H,30,31)/t15?,21-,25?/m1/s1. The van der Waals surface area contributed by atoms with Gasteiger partial charge in [0.1, 0.15) is 17.9 Å². The van der Waals surface area contributed by atoms with Crippen molar-refractivity contribution in [3.63, 3.8) is 0 Å². The van der Waals surface area contributed by atoms with Crippen molar-refractivity contribution in [3.8, 4) is 22.5 Å². The van der Waals surface area contributed by atoms with Crippen LogP contribution in [-0.2, 0) is 6.42 Å². The fraction of sp³-hybridized carbons (Fsp3) is 0.200. The molecule has 2 unspecified atom stereocenters. The van der Waals surface area contributed by atoms with E-state index in [0.29, 0.717) is 23.4 Å². The highest BCUT2D eigenvalue weighted by atomic mass is 19.1. The van der Waals surface area contributed by atoms with E-state index in [9.17, 15) is 19.0 Å². The molecule has 0 radical (unpaired) electrons. The second-order valence-corrected chi connectivity index (χ2v) is 7.82. The first-order chi connectivity index (χ1) is 15.9. The largest absolute Gasteiger partial charge is 0.392 e. The predicted molar refractivity (Wildman–Crippen MR) is 121 cm³/mol. The third-order valence-corrected chi connectivity index (χ3v) is 5.44. The maximum Gasteiger partial charge on any atom is 0.133 e. The van der Waals surface area contributed by atoms with Crippen LogP contribution >= 0.6 is 0 Å². The van der Waals surface area contributed by atoms with Gasteiger partial charge in [0.05, 0.1) is 17.5 Å². The molecule has 8 heteroatoms. The van der Waals surface area contributed by atoms with Gasteiger partial charge in [0, 0.05) is 41.0 Å². The van der Waals surface area contributed by atoms with Gasteiger partial charge in [0.25, 0.3) is 0 Å². The van der Waals surface area contributed by atoms with Crippen molar-refractivity contribution in [1.29, 1.82) is 0 Å². The van der Waals surface area contributed by atoms with E-state index in [0.717, 1.165) is 5.69 Å². The number of benzene rings is 2. The summed E-state index contributed by atoms with van der Waals surface area (Å²) in [5.74, 6) is -0.903. The number of aromatic amines is 1. The van der Waals surface area contributed by atoms with Crippen molar-refractivity contribution in [2.24, 2.45) is 0 Å². The topological polar surface area (TPSA) is 94.1 Å². The molecule has 2 aromatic carbocycles. The average Bonchev–Trinajstić information content (AvgIpc) is 3.29. The predicted octanol–water partition coefficient (Wildman–Crippen LogP) is 3.99. The normalized spacial score (nSPS) is 14.1. The molecule has 0 aliphatic rings. The molecule has 0 bridgehead atoms. The molecule has 3 atom stereocenters. The van der Waals surface area contributed by atoms with Crippen LogP contribution < -0.4 is 5.32 Å². The van der Waals surface area contributed by atoms with E-state index >= 15 is 0 Å². The van der Waals surface area contributed by atoms with Crippen molar-refractivity contribution in [1.82, 2.24) is 20.5 Å². The number of aliphatic hydroxyl groups excluding tert-OH is 2. The third kappa shape index (κ3) is 5.31. The number of hydrogen-bond acceptors (Lipinski definition) is 5. The van der Waals surface area contributed by atoms with Gasteiger partial charge in [-0.3, -0.25) is 15.4 Å². The Morgan fingerprint density at radius 2 is 1.79 bits per heavy atom. The summed E-state index contributed by atoms with van der Waals surface area (Å²) in [5, 5.41) is 31.2. The molecule has 0 saturated heterocycles. The minimum absolute atomic E-state index is 0.153. The second-order valence-electron chi connectivity index (χ2n) is 7.82. The van der Waals surface area contributed by atoms with Crippen LogP contribution in [-0.4, -0.2) is 37.5 Å². The van der Waals surface area contributed by atoms with E-state index in [-0.39, 0.29) is 16.9 Å². The van der Waals surface area contributed by atoms with Gasteiger partial charge in [-0.15, -0.1) is 0 Å². The monoisotopic (exact) mass is 450 g/mol. The van der Waals surface area contributed by atoms with Crippen molar-refractivity contribution >= 4 is 0 Å². The summed E-state index contributed by atoms with van der Waals surface area (Å²) in [6, 6.07) is 16.8. The third-order valence-electron chi connectivity index (χ3n) is 5.44. The summed E-state index contributed by atoms with van der Waals surface area (Å²) in [5.41, 5.74) is 2.73. The summed E-state index contributed by atoms with van der Waals surface area (Å²) >= 11 is 0. The summed E-state index contributed by atoms with van der Waals surface area (Å²) in [7, 11) is 0. The summed E-state index contributed by atoms with van der Waals surface area (Å²) in [6.07, 6.45) is -0.0293. The van der Waals surface area contributed by atoms with Crippen molar-refractivity contribution in [3.05, 3.63) is 95.8 Å². The van der Waals surface area contributed by atoms with Crippen LogP contribution in [0.3, 0.4) is 0 Å².